The monoisotopic (exact) mass is 367 g/mol. The van der Waals surface area contributed by atoms with Crippen LogP contribution in [0.5, 0.6) is 0 Å². The molecule has 0 aliphatic carbocycles. The zero-order valence-corrected chi connectivity index (χ0v) is 14.9. The fraction of sp³-hybridized carbons (Fsp3) is 0.0526. The number of anilines is 1. The topological polar surface area (TPSA) is 46.4 Å². The number of hydrogen-bond donors (Lipinski definition) is 1. The maximum atomic E-state index is 12.6. The lowest BCUT2D eigenvalue weighted by molar-refractivity contribution is 0.103. The zero-order valence-electron chi connectivity index (χ0n) is 13.4. The van der Waals surface area contributed by atoms with Gasteiger partial charge in [-0.25, -0.2) is 4.98 Å². The van der Waals surface area contributed by atoms with Crippen molar-refractivity contribution in [3.63, 3.8) is 0 Å². The van der Waals surface area contributed by atoms with Crippen LogP contribution in [0.25, 0.3) is 16.9 Å². The Labute approximate surface area is 153 Å². The highest BCUT2D eigenvalue weighted by Gasteiger charge is 2.17. The van der Waals surface area contributed by atoms with Crippen LogP contribution < -0.4 is 5.32 Å². The van der Waals surface area contributed by atoms with E-state index in [-0.39, 0.29) is 5.91 Å². The first-order chi connectivity index (χ1) is 12.1. The SMILES string of the molecule is Cc1ccc2nc(-c3ccc(Cl)cc3)c(NC(=O)c3cccs3)n2c1. The normalized spacial score (nSPS) is 11.0. The molecule has 4 nitrogen and oxygen atoms in total. The summed E-state index contributed by atoms with van der Waals surface area (Å²) >= 11 is 7.40. The summed E-state index contributed by atoms with van der Waals surface area (Å²) in [5, 5.41) is 5.56. The minimum atomic E-state index is -0.145. The van der Waals surface area contributed by atoms with Crippen LogP contribution in [-0.4, -0.2) is 15.3 Å². The highest BCUT2D eigenvalue weighted by atomic mass is 35.5. The van der Waals surface area contributed by atoms with Crippen LogP contribution in [-0.2, 0) is 0 Å². The van der Waals surface area contributed by atoms with Crippen molar-refractivity contribution >= 4 is 40.3 Å². The molecule has 1 aromatic carbocycles. The van der Waals surface area contributed by atoms with Crippen molar-refractivity contribution in [3.05, 3.63) is 75.6 Å². The molecule has 0 aliphatic rings. The van der Waals surface area contributed by atoms with Gasteiger partial charge >= 0.3 is 0 Å². The van der Waals surface area contributed by atoms with Gasteiger partial charge in [0.2, 0.25) is 0 Å². The van der Waals surface area contributed by atoms with Crippen LogP contribution >= 0.6 is 22.9 Å². The second-order valence-electron chi connectivity index (χ2n) is 5.68. The molecule has 6 heteroatoms. The van der Waals surface area contributed by atoms with Crippen LogP contribution in [0.1, 0.15) is 15.2 Å². The summed E-state index contributed by atoms with van der Waals surface area (Å²) in [6.45, 7) is 2.01. The third-order valence-corrected chi connectivity index (χ3v) is 4.98. The molecule has 0 unspecified atom stereocenters. The molecule has 4 aromatic rings. The fourth-order valence-electron chi connectivity index (χ4n) is 2.66. The summed E-state index contributed by atoms with van der Waals surface area (Å²) in [6.07, 6.45) is 1.96. The van der Waals surface area contributed by atoms with Crippen LogP contribution in [0, 0.1) is 6.92 Å². The molecule has 124 valence electrons. The van der Waals surface area contributed by atoms with Gasteiger partial charge in [0.1, 0.15) is 17.2 Å². The van der Waals surface area contributed by atoms with E-state index in [0.29, 0.717) is 21.4 Å². The number of fused-ring (bicyclic) bond motifs is 1. The number of amides is 1. The molecular weight excluding hydrogens is 354 g/mol. The summed E-state index contributed by atoms with van der Waals surface area (Å²) in [4.78, 5) is 17.9. The number of carbonyl (C=O) groups excluding carboxylic acids is 1. The van der Waals surface area contributed by atoms with Gasteiger partial charge in [-0.15, -0.1) is 11.3 Å². The molecule has 0 atom stereocenters. The molecule has 4 rings (SSSR count). The number of halogens is 1. The fourth-order valence-corrected chi connectivity index (χ4v) is 3.40. The lowest BCUT2D eigenvalue weighted by atomic mass is 10.1. The Bertz CT molecular complexity index is 1050. The van der Waals surface area contributed by atoms with E-state index in [1.807, 2.05) is 65.4 Å². The molecule has 0 radical (unpaired) electrons. The van der Waals surface area contributed by atoms with Crippen molar-refractivity contribution in [2.24, 2.45) is 0 Å². The van der Waals surface area contributed by atoms with E-state index in [2.05, 4.69) is 5.32 Å². The highest BCUT2D eigenvalue weighted by Crippen LogP contribution is 2.30. The molecule has 0 saturated carbocycles. The van der Waals surface area contributed by atoms with Crippen molar-refractivity contribution in [1.82, 2.24) is 9.38 Å². The van der Waals surface area contributed by atoms with E-state index < -0.39 is 0 Å². The minimum Gasteiger partial charge on any atom is -0.305 e. The Morgan fingerprint density at radius 1 is 1.16 bits per heavy atom. The van der Waals surface area contributed by atoms with E-state index in [9.17, 15) is 4.79 Å². The second kappa shape index (κ2) is 6.35. The predicted molar refractivity (Wildman–Crippen MR) is 103 cm³/mol. The number of rotatable bonds is 3. The first kappa shape index (κ1) is 15.9. The zero-order chi connectivity index (χ0) is 17.4. The van der Waals surface area contributed by atoms with Gasteiger partial charge in [-0.2, -0.15) is 0 Å². The smallest absolute Gasteiger partial charge is 0.266 e. The van der Waals surface area contributed by atoms with Crippen molar-refractivity contribution in [2.75, 3.05) is 5.32 Å². The van der Waals surface area contributed by atoms with Crippen molar-refractivity contribution in [3.8, 4) is 11.3 Å². The quantitative estimate of drug-likeness (QED) is 0.535. The summed E-state index contributed by atoms with van der Waals surface area (Å²) in [5.41, 5.74) is 3.47. The van der Waals surface area contributed by atoms with Crippen LogP contribution in [0.2, 0.25) is 5.02 Å². The summed E-state index contributed by atoms with van der Waals surface area (Å²) < 4.78 is 1.91. The van der Waals surface area contributed by atoms with Gasteiger partial charge in [-0.1, -0.05) is 35.9 Å². The summed E-state index contributed by atoms with van der Waals surface area (Å²) in [6, 6.07) is 15.0. The molecule has 0 spiro atoms. The van der Waals surface area contributed by atoms with E-state index in [1.54, 1.807) is 6.07 Å². The minimum absolute atomic E-state index is 0.145. The molecule has 0 saturated heterocycles. The maximum Gasteiger partial charge on any atom is 0.266 e. The van der Waals surface area contributed by atoms with Gasteiger partial charge in [0.05, 0.1) is 4.88 Å². The van der Waals surface area contributed by atoms with E-state index in [0.717, 1.165) is 16.8 Å². The molecular formula is C19H14ClN3OS. The van der Waals surface area contributed by atoms with E-state index in [1.165, 1.54) is 11.3 Å². The Hall–Kier alpha value is -2.63. The third kappa shape index (κ3) is 3.04. The number of imidazole rings is 1. The van der Waals surface area contributed by atoms with Gasteiger partial charge in [-0.05, 0) is 42.1 Å². The van der Waals surface area contributed by atoms with Gasteiger partial charge in [0.25, 0.3) is 5.91 Å². The lowest BCUT2D eigenvalue weighted by Crippen LogP contribution is -2.12. The molecule has 3 heterocycles. The lowest BCUT2D eigenvalue weighted by Gasteiger charge is -2.07. The highest BCUT2D eigenvalue weighted by molar-refractivity contribution is 7.12. The molecule has 0 fully saturated rings. The number of thiophene rings is 1. The van der Waals surface area contributed by atoms with Crippen LogP contribution in [0.3, 0.4) is 0 Å². The Morgan fingerprint density at radius 2 is 1.96 bits per heavy atom. The van der Waals surface area contributed by atoms with Gasteiger partial charge < -0.3 is 5.32 Å². The van der Waals surface area contributed by atoms with Gasteiger partial charge in [0.15, 0.2) is 0 Å². The number of aromatic nitrogens is 2. The van der Waals surface area contributed by atoms with Gasteiger partial charge in [-0.3, -0.25) is 9.20 Å². The molecule has 0 aliphatic heterocycles. The standard InChI is InChI=1S/C19H14ClN3OS/c1-12-4-9-16-21-17(13-5-7-14(20)8-6-13)18(23(16)11-12)22-19(24)15-3-2-10-25-15/h2-11H,1H3,(H,22,24). The van der Waals surface area contributed by atoms with Crippen molar-refractivity contribution < 1.29 is 4.79 Å². The summed E-state index contributed by atoms with van der Waals surface area (Å²) in [7, 11) is 0. The first-order valence-corrected chi connectivity index (χ1v) is 8.97. The number of carbonyl (C=O) groups is 1. The molecule has 1 amide bonds. The second-order valence-corrected chi connectivity index (χ2v) is 7.07. The van der Waals surface area contributed by atoms with Gasteiger partial charge in [0, 0.05) is 16.8 Å². The van der Waals surface area contributed by atoms with Crippen LogP contribution in [0.15, 0.2) is 60.1 Å². The molecule has 3 aromatic heterocycles. The largest absolute Gasteiger partial charge is 0.305 e. The Balaban J connectivity index is 1.86. The average molecular weight is 368 g/mol. The number of pyridine rings is 1. The van der Waals surface area contributed by atoms with Crippen molar-refractivity contribution in [2.45, 2.75) is 6.92 Å². The Morgan fingerprint density at radius 3 is 2.68 bits per heavy atom. The summed E-state index contributed by atoms with van der Waals surface area (Å²) in [5.74, 6) is 0.507. The maximum absolute atomic E-state index is 12.6. The molecule has 1 N–H and O–H groups in total. The van der Waals surface area contributed by atoms with Crippen LogP contribution in [0.4, 0.5) is 5.82 Å². The number of hydrogen-bond acceptors (Lipinski definition) is 3. The Kier molecular flexibility index (Phi) is 4.03. The average Bonchev–Trinajstić information content (AvgIpc) is 3.24. The third-order valence-electron chi connectivity index (χ3n) is 3.86. The number of benzene rings is 1. The van der Waals surface area contributed by atoms with E-state index >= 15 is 0 Å². The molecule has 25 heavy (non-hydrogen) atoms. The van der Waals surface area contributed by atoms with E-state index in [4.69, 9.17) is 16.6 Å². The van der Waals surface area contributed by atoms with Crippen molar-refractivity contribution in [1.29, 1.82) is 0 Å². The molecule has 0 bridgehead atoms. The number of nitrogens with zero attached hydrogens (tertiary/aromatic N) is 2. The number of aryl methyl sites for hydroxylation is 1. The predicted octanol–water partition coefficient (Wildman–Crippen LogP) is 5.28. The number of nitrogens with one attached hydrogen (secondary N) is 1. The first-order valence-electron chi connectivity index (χ1n) is 7.71.